The van der Waals surface area contributed by atoms with E-state index in [1.807, 2.05) is 0 Å². The van der Waals surface area contributed by atoms with Crippen molar-refractivity contribution >= 4 is 11.6 Å². The first-order valence-electron chi connectivity index (χ1n) is 7.13. The van der Waals surface area contributed by atoms with Gasteiger partial charge in [-0.25, -0.2) is 13.2 Å². The summed E-state index contributed by atoms with van der Waals surface area (Å²) in [5, 5.41) is 10.1. The van der Waals surface area contributed by atoms with E-state index in [-0.39, 0.29) is 17.3 Å². The van der Waals surface area contributed by atoms with E-state index in [0.717, 1.165) is 6.07 Å². The summed E-state index contributed by atoms with van der Waals surface area (Å²) in [6.45, 7) is 0. The number of H-pyrrole nitrogens is 1. The van der Waals surface area contributed by atoms with E-state index in [1.54, 1.807) is 12.1 Å². The quantitative estimate of drug-likeness (QED) is 0.759. The second-order valence-corrected chi connectivity index (χ2v) is 6.08. The van der Waals surface area contributed by atoms with Crippen molar-refractivity contribution in [2.24, 2.45) is 0 Å². The zero-order valence-electron chi connectivity index (χ0n) is 12.1. The average molecular weight is 355 g/mol. The third-order valence-corrected chi connectivity index (χ3v) is 4.34. The molecule has 0 atom stereocenters. The third-order valence-electron chi connectivity index (χ3n) is 4.10. The fourth-order valence-electron chi connectivity index (χ4n) is 2.70. The fraction of sp³-hybridized carbons (Fsp3) is 0.267. The molecule has 1 aliphatic rings. The molecular weight excluding hydrogens is 345 g/mol. The molecule has 9 heteroatoms. The van der Waals surface area contributed by atoms with Crippen LogP contribution in [0.1, 0.15) is 36.3 Å². The first-order valence-corrected chi connectivity index (χ1v) is 7.51. The molecule has 1 aliphatic carbocycles. The van der Waals surface area contributed by atoms with Crippen molar-refractivity contribution in [1.29, 1.82) is 0 Å². The van der Waals surface area contributed by atoms with Crippen molar-refractivity contribution in [3.8, 4) is 11.6 Å². The van der Waals surface area contributed by atoms with Crippen LogP contribution in [0.4, 0.5) is 13.2 Å². The highest BCUT2D eigenvalue weighted by molar-refractivity contribution is 6.30. The maximum absolute atomic E-state index is 14.2. The number of aromatic amines is 1. The first kappa shape index (κ1) is 15.2. The molecule has 0 aliphatic heterocycles. The number of hydrogen-bond donors (Lipinski definition) is 1. The van der Waals surface area contributed by atoms with Crippen LogP contribution in [0.2, 0.25) is 5.02 Å². The van der Waals surface area contributed by atoms with Crippen LogP contribution in [0.25, 0.3) is 11.6 Å². The standard InChI is InChI=1S/C15H10ClF3N4O/c16-7-1-2-8(9(17)5-7)15(3-4-15)14-20-13(24-23-14)11-6-10(12(18)19)21-22-11/h1-2,5-6,12H,3-4H2,(H,21,22). The number of alkyl halides is 2. The van der Waals surface area contributed by atoms with Gasteiger partial charge in [-0.05, 0) is 31.0 Å². The second kappa shape index (κ2) is 5.34. The van der Waals surface area contributed by atoms with Crippen molar-refractivity contribution in [2.45, 2.75) is 24.7 Å². The average Bonchev–Trinajstić information content (AvgIpc) is 3.00. The summed E-state index contributed by atoms with van der Waals surface area (Å²) in [6.07, 6.45) is -1.35. The monoisotopic (exact) mass is 354 g/mol. The van der Waals surface area contributed by atoms with Crippen molar-refractivity contribution in [2.75, 3.05) is 0 Å². The van der Waals surface area contributed by atoms with E-state index in [4.69, 9.17) is 16.1 Å². The van der Waals surface area contributed by atoms with Crippen LogP contribution in [0.15, 0.2) is 28.8 Å². The smallest absolute Gasteiger partial charge is 0.279 e. The molecule has 1 saturated carbocycles. The van der Waals surface area contributed by atoms with Gasteiger partial charge in [0.15, 0.2) is 11.5 Å². The van der Waals surface area contributed by atoms with E-state index < -0.39 is 17.7 Å². The molecule has 1 fully saturated rings. The highest BCUT2D eigenvalue weighted by atomic mass is 35.5. The van der Waals surface area contributed by atoms with Crippen LogP contribution in [0.3, 0.4) is 0 Å². The first-order chi connectivity index (χ1) is 11.5. The van der Waals surface area contributed by atoms with Crippen molar-refractivity contribution in [3.63, 3.8) is 0 Å². The van der Waals surface area contributed by atoms with Crippen molar-refractivity contribution in [3.05, 3.63) is 52.2 Å². The lowest BCUT2D eigenvalue weighted by atomic mass is 9.94. The van der Waals surface area contributed by atoms with E-state index in [9.17, 15) is 13.2 Å². The summed E-state index contributed by atoms with van der Waals surface area (Å²) >= 11 is 5.78. The van der Waals surface area contributed by atoms with Crippen molar-refractivity contribution < 1.29 is 17.7 Å². The number of nitrogens with zero attached hydrogens (tertiary/aromatic N) is 3. The van der Waals surface area contributed by atoms with Gasteiger partial charge in [-0.15, -0.1) is 0 Å². The minimum absolute atomic E-state index is 0.00815. The number of halogens is 4. The maximum Gasteiger partial charge on any atom is 0.279 e. The van der Waals surface area contributed by atoms with Crippen LogP contribution in [0.5, 0.6) is 0 Å². The molecule has 24 heavy (non-hydrogen) atoms. The Morgan fingerprint density at radius 1 is 1.25 bits per heavy atom. The minimum Gasteiger partial charge on any atom is -0.332 e. The van der Waals surface area contributed by atoms with Gasteiger partial charge in [-0.2, -0.15) is 10.1 Å². The predicted molar refractivity (Wildman–Crippen MR) is 78.3 cm³/mol. The molecule has 0 bridgehead atoms. The lowest BCUT2D eigenvalue weighted by Crippen LogP contribution is -2.13. The number of hydrogen-bond acceptors (Lipinski definition) is 4. The lowest BCUT2D eigenvalue weighted by Gasteiger charge is -2.12. The Kier molecular flexibility index (Phi) is 3.38. The Bertz CT molecular complexity index is 904. The Morgan fingerprint density at radius 2 is 2.04 bits per heavy atom. The van der Waals surface area contributed by atoms with Gasteiger partial charge in [0.05, 0.1) is 5.41 Å². The summed E-state index contributed by atoms with van der Waals surface area (Å²) in [7, 11) is 0. The van der Waals surface area contributed by atoms with Crippen LogP contribution >= 0.6 is 11.6 Å². The summed E-state index contributed by atoms with van der Waals surface area (Å²) in [4.78, 5) is 4.22. The molecule has 2 aromatic heterocycles. The molecule has 124 valence electrons. The highest BCUT2D eigenvalue weighted by Gasteiger charge is 2.51. The molecule has 4 rings (SSSR count). The lowest BCUT2D eigenvalue weighted by molar-refractivity contribution is 0.146. The van der Waals surface area contributed by atoms with Crippen LogP contribution in [-0.4, -0.2) is 20.3 Å². The zero-order chi connectivity index (χ0) is 16.9. The van der Waals surface area contributed by atoms with Gasteiger partial charge in [0.2, 0.25) is 0 Å². The largest absolute Gasteiger partial charge is 0.332 e. The molecule has 3 aromatic rings. The van der Waals surface area contributed by atoms with Gasteiger partial charge in [0.1, 0.15) is 11.5 Å². The number of nitrogens with one attached hydrogen (secondary N) is 1. The number of benzene rings is 1. The molecule has 2 heterocycles. The second-order valence-electron chi connectivity index (χ2n) is 5.64. The summed E-state index contributed by atoms with van der Waals surface area (Å²) in [5.41, 5.74) is -0.446. The molecule has 5 nitrogen and oxygen atoms in total. The molecule has 0 unspecified atom stereocenters. The van der Waals surface area contributed by atoms with Crippen LogP contribution in [-0.2, 0) is 5.41 Å². The Balaban J connectivity index is 1.69. The highest BCUT2D eigenvalue weighted by Crippen LogP contribution is 2.53. The molecule has 0 radical (unpaired) electrons. The van der Waals surface area contributed by atoms with E-state index >= 15 is 0 Å². The SMILES string of the molecule is Fc1cc(Cl)ccc1C1(c2noc(-c3cc(C(F)F)[nH]n3)n2)CC1. The van der Waals surface area contributed by atoms with Crippen LogP contribution in [0, 0.1) is 5.82 Å². The van der Waals surface area contributed by atoms with E-state index in [0.29, 0.717) is 29.3 Å². The summed E-state index contributed by atoms with van der Waals surface area (Å²) < 4.78 is 44.6. The van der Waals surface area contributed by atoms with Gasteiger partial charge >= 0.3 is 0 Å². The third kappa shape index (κ3) is 2.37. The summed E-state index contributed by atoms with van der Waals surface area (Å²) in [6, 6.07) is 5.58. The maximum atomic E-state index is 14.2. The van der Waals surface area contributed by atoms with Crippen molar-refractivity contribution in [1.82, 2.24) is 20.3 Å². The Labute approximate surface area is 138 Å². The zero-order valence-corrected chi connectivity index (χ0v) is 12.8. The number of aromatic nitrogens is 4. The van der Waals surface area contributed by atoms with Gasteiger partial charge in [-0.1, -0.05) is 22.8 Å². The predicted octanol–water partition coefficient (Wildman–Crippen LogP) is 4.27. The van der Waals surface area contributed by atoms with Gasteiger partial charge in [-0.3, -0.25) is 5.10 Å². The van der Waals surface area contributed by atoms with E-state index in [1.165, 1.54) is 6.07 Å². The fourth-order valence-corrected chi connectivity index (χ4v) is 2.85. The Hall–Kier alpha value is -2.35. The molecule has 0 spiro atoms. The minimum atomic E-state index is -2.67. The molecule has 0 amide bonds. The van der Waals surface area contributed by atoms with E-state index in [2.05, 4.69) is 20.3 Å². The molecule has 1 aromatic carbocycles. The van der Waals surface area contributed by atoms with Gasteiger partial charge in [0.25, 0.3) is 12.3 Å². The number of rotatable bonds is 4. The normalized spacial score (nSPS) is 15.9. The topological polar surface area (TPSA) is 67.6 Å². The summed E-state index contributed by atoms with van der Waals surface area (Å²) in [5.74, 6) is -0.125. The Morgan fingerprint density at radius 3 is 2.67 bits per heavy atom. The van der Waals surface area contributed by atoms with Crippen LogP contribution < -0.4 is 0 Å². The van der Waals surface area contributed by atoms with Gasteiger partial charge in [0, 0.05) is 10.6 Å². The molecular formula is C15H10ClF3N4O. The molecule has 1 N–H and O–H groups in total. The molecule has 0 saturated heterocycles. The van der Waals surface area contributed by atoms with Gasteiger partial charge < -0.3 is 4.52 Å².